The molecule has 2 amide bonds. The van der Waals surface area contributed by atoms with Gasteiger partial charge in [-0.3, -0.25) is 4.79 Å². The Morgan fingerprint density at radius 1 is 1.12 bits per heavy atom. The first-order valence-electron chi connectivity index (χ1n) is 11.9. The smallest absolute Gasteiger partial charge is 0.410 e. The van der Waals surface area contributed by atoms with E-state index < -0.39 is 11.5 Å². The minimum atomic E-state index is -0.592. The SMILES string of the molecule is CN(C(=O)OC(C)(C)C)C1CCC(Nc2ncc(C(N)=O)c(N[C@@H]3CCC[C@H](O)C3)n2)CC1. The van der Waals surface area contributed by atoms with Crippen LogP contribution in [0.2, 0.25) is 0 Å². The average molecular weight is 463 g/mol. The van der Waals surface area contributed by atoms with Crippen LogP contribution in [0, 0.1) is 0 Å². The van der Waals surface area contributed by atoms with Crippen molar-refractivity contribution in [2.24, 2.45) is 5.73 Å². The molecule has 0 spiro atoms. The van der Waals surface area contributed by atoms with E-state index in [-0.39, 0.29) is 35.9 Å². The summed E-state index contributed by atoms with van der Waals surface area (Å²) in [7, 11) is 1.79. The Labute approximate surface area is 195 Å². The van der Waals surface area contributed by atoms with Gasteiger partial charge < -0.3 is 31.1 Å². The highest BCUT2D eigenvalue weighted by Crippen LogP contribution is 2.27. The molecule has 2 saturated carbocycles. The maximum Gasteiger partial charge on any atom is 0.410 e. The molecular weight excluding hydrogens is 424 g/mol. The molecule has 0 saturated heterocycles. The molecule has 184 valence electrons. The van der Waals surface area contributed by atoms with Gasteiger partial charge in [-0.15, -0.1) is 0 Å². The van der Waals surface area contributed by atoms with Crippen molar-refractivity contribution in [2.75, 3.05) is 17.7 Å². The summed E-state index contributed by atoms with van der Waals surface area (Å²) in [4.78, 5) is 34.7. The van der Waals surface area contributed by atoms with E-state index in [1.807, 2.05) is 20.8 Å². The van der Waals surface area contributed by atoms with Crippen LogP contribution in [0.1, 0.15) is 82.5 Å². The van der Waals surface area contributed by atoms with Gasteiger partial charge in [0.05, 0.1) is 11.7 Å². The van der Waals surface area contributed by atoms with Gasteiger partial charge in [-0.05, 0) is 72.1 Å². The van der Waals surface area contributed by atoms with Crippen LogP contribution >= 0.6 is 0 Å². The molecule has 2 fully saturated rings. The molecule has 1 aromatic heterocycles. The summed E-state index contributed by atoms with van der Waals surface area (Å²) >= 11 is 0. The van der Waals surface area contributed by atoms with Crippen LogP contribution in [0.5, 0.6) is 0 Å². The number of carbonyl (C=O) groups is 2. The fourth-order valence-electron chi connectivity index (χ4n) is 4.50. The van der Waals surface area contributed by atoms with Gasteiger partial charge >= 0.3 is 6.09 Å². The maximum absolute atomic E-state index is 12.3. The zero-order valence-electron chi connectivity index (χ0n) is 20.1. The highest BCUT2D eigenvalue weighted by Gasteiger charge is 2.30. The molecule has 0 aliphatic heterocycles. The van der Waals surface area contributed by atoms with Crippen LogP contribution in [0.15, 0.2) is 6.20 Å². The number of primary amides is 1. The second-order valence-electron chi connectivity index (χ2n) is 10.2. The molecule has 3 rings (SSSR count). The lowest BCUT2D eigenvalue weighted by molar-refractivity contribution is 0.0185. The second-order valence-corrected chi connectivity index (χ2v) is 10.2. The maximum atomic E-state index is 12.3. The number of hydrogen-bond donors (Lipinski definition) is 4. The van der Waals surface area contributed by atoms with Gasteiger partial charge in [-0.2, -0.15) is 4.98 Å². The number of ether oxygens (including phenoxy) is 1. The third-order valence-electron chi connectivity index (χ3n) is 6.30. The van der Waals surface area contributed by atoms with Crippen molar-refractivity contribution >= 4 is 23.8 Å². The van der Waals surface area contributed by atoms with Crippen molar-refractivity contribution in [3.8, 4) is 0 Å². The van der Waals surface area contributed by atoms with Crippen molar-refractivity contribution < 1.29 is 19.4 Å². The third-order valence-corrected chi connectivity index (χ3v) is 6.30. The Morgan fingerprint density at radius 3 is 2.42 bits per heavy atom. The molecule has 2 aliphatic rings. The molecule has 33 heavy (non-hydrogen) atoms. The number of aromatic nitrogens is 2. The standard InChI is InChI=1S/C23H38N6O4/c1-23(2,3)33-22(32)29(4)16-10-8-14(9-11-16)27-21-25-13-18(19(24)31)20(28-21)26-15-6-5-7-17(30)12-15/h13-17,30H,5-12H2,1-4H3,(H2,24,31)(H2,25,26,27,28)/t14?,15-,16?,17+/m1/s1. The number of nitrogens with one attached hydrogen (secondary N) is 2. The molecule has 5 N–H and O–H groups in total. The number of nitrogens with zero attached hydrogens (tertiary/aromatic N) is 3. The number of aliphatic hydroxyl groups excluding tert-OH is 1. The summed E-state index contributed by atoms with van der Waals surface area (Å²) in [5.74, 6) is 0.242. The van der Waals surface area contributed by atoms with E-state index in [9.17, 15) is 14.7 Å². The van der Waals surface area contributed by atoms with E-state index in [2.05, 4.69) is 20.6 Å². The average Bonchev–Trinajstić information content (AvgIpc) is 2.72. The minimum Gasteiger partial charge on any atom is -0.444 e. The molecule has 0 aromatic carbocycles. The van der Waals surface area contributed by atoms with Crippen molar-refractivity contribution in [1.82, 2.24) is 14.9 Å². The topological polar surface area (TPSA) is 143 Å². The van der Waals surface area contributed by atoms with Crippen molar-refractivity contribution in [1.29, 1.82) is 0 Å². The van der Waals surface area contributed by atoms with Gasteiger partial charge in [0.1, 0.15) is 11.4 Å². The zero-order valence-corrected chi connectivity index (χ0v) is 20.1. The summed E-state index contributed by atoms with van der Waals surface area (Å²) in [5, 5.41) is 16.6. The molecule has 0 unspecified atom stereocenters. The number of hydrogen-bond acceptors (Lipinski definition) is 8. The normalized spacial score (nSPS) is 25.7. The largest absolute Gasteiger partial charge is 0.444 e. The summed E-state index contributed by atoms with van der Waals surface area (Å²) in [6, 6.07) is 0.330. The molecule has 10 nitrogen and oxygen atoms in total. The van der Waals surface area contributed by atoms with Gasteiger partial charge in [0.2, 0.25) is 5.95 Å². The molecule has 2 aliphatic carbocycles. The van der Waals surface area contributed by atoms with Gasteiger partial charge in [0.15, 0.2) is 0 Å². The van der Waals surface area contributed by atoms with Crippen LogP contribution in [0.25, 0.3) is 0 Å². The monoisotopic (exact) mass is 462 g/mol. The summed E-state index contributed by atoms with van der Waals surface area (Å²) in [5.41, 5.74) is 5.24. The number of amides is 2. The lowest BCUT2D eigenvalue weighted by Gasteiger charge is -2.35. The van der Waals surface area contributed by atoms with E-state index in [1.54, 1.807) is 11.9 Å². The highest BCUT2D eigenvalue weighted by atomic mass is 16.6. The fraction of sp³-hybridized carbons (Fsp3) is 0.739. The van der Waals surface area contributed by atoms with Gasteiger partial charge in [-0.1, -0.05) is 0 Å². The van der Waals surface area contributed by atoms with Gasteiger partial charge in [0, 0.05) is 31.4 Å². The number of rotatable bonds is 6. The first-order chi connectivity index (χ1) is 15.5. The molecule has 10 heteroatoms. The number of carbonyl (C=O) groups excluding carboxylic acids is 2. The fourth-order valence-corrected chi connectivity index (χ4v) is 4.50. The quantitative estimate of drug-likeness (QED) is 0.505. The Morgan fingerprint density at radius 2 is 1.82 bits per heavy atom. The minimum absolute atomic E-state index is 0.0356. The van der Waals surface area contributed by atoms with Crippen molar-refractivity contribution in [3.05, 3.63) is 11.8 Å². The van der Waals surface area contributed by atoms with E-state index in [0.717, 1.165) is 44.9 Å². The predicted molar refractivity (Wildman–Crippen MR) is 126 cm³/mol. The lowest BCUT2D eigenvalue weighted by atomic mass is 9.90. The third kappa shape index (κ3) is 7.18. The van der Waals surface area contributed by atoms with E-state index in [1.165, 1.54) is 6.20 Å². The molecule has 0 radical (unpaired) electrons. The van der Waals surface area contributed by atoms with Crippen molar-refractivity contribution in [2.45, 2.75) is 102 Å². The van der Waals surface area contributed by atoms with E-state index in [4.69, 9.17) is 10.5 Å². The molecule has 1 aromatic rings. The number of nitrogens with two attached hydrogens (primary N) is 1. The molecule has 0 bridgehead atoms. The van der Waals surface area contributed by atoms with E-state index in [0.29, 0.717) is 18.2 Å². The highest BCUT2D eigenvalue weighted by molar-refractivity contribution is 5.97. The molecule has 2 atom stereocenters. The number of anilines is 2. The molecule has 1 heterocycles. The Bertz CT molecular complexity index is 835. The zero-order chi connectivity index (χ0) is 24.2. The van der Waals surface area contributed by atoms with Crippen LogP contribution in [0.3, 0.4) is 0 Å². The first-order valence-corrected chi connectivity index (χ1v) is 11.9. The van der Waals surface area contributed by atoms with Crippen LogP contribution in [0.4, 0.5) is 16.6 Å². The van der Waals surface area contributed by atoms with Crippen LogP contribution < -0.4 is 16.4 Å². The summed E-state index contributed by atoms with van der Waals surface area (Å²) in [6.45, 7) is 5.59. The van der Waals surface area contributed by atoms with E-state index >= 15 is 0 Å². The Balaban J connectivity index is 1.59. The molecular formula is C23H38N6O4. The summed E-state index contributed by atoms with van der Waals surface area (Å²) < 4.78 is 5.48. The predicted octanol–water partition coefficient (Wildman–Crippen LogP) is 2.88. The van der Waals surface area contributed by atoms with Gasteiger partial charge in [-0.25, -0.2) is 9.78 Å². The van der Waals surface area contributed by atoms with Gasteiger partial charge in [0.25, 0.3) is 5.91 Å². The van der Waals surface area contributed by atoms with Crippen LogP contribution in [-0.2, 0) is 4.74 Å². The Hall–Kier alpha value is -2.62. The number of aliphatic hydroxyl groups is 1. The van der Waals surface area contributed by atoms with Crippen LogP contribution in [-0.4, -0.2) is 68.9 Å². The summed E-state index contributed by atoms with van der Waals surface area (Å²) in [6.07, 6.45) is 7.43. The Kier molecular flexibility index (Phi) is 7.99. The lowest BCUT2D eigenvalue weighted by Crippen LogP contribution is -2.43. The van der Waals surface area contributed by atoms with Crippen molar-refractivity contribution in [3.63, 3.8) is 0 Å². The second kappa shape index (κ2) is 10.5. The first kappa shape index (κ1) is 25.0.